The number of carbonyl (C=O) groups excluding carboxylic acids is 1. The van der Waals surface area contributed by atoms with E-state index in [4.69, 9.17) is 27.9 Å². The summed E-state index contributed by atoms with van der Waals surface area (Å²) >= 11 is 12.0. The van der Waals surface area contributed by atoms with Gasteiger partial charge < -0.3 is 9.72 Å². The highest BCUT2D eigenvalue weighted by molar-refractivity contribution is 6.42. The van der Waals surface area contributed by atoms with Crippen LogP contribution in [0.3, 0.4) is 0 Å². The van der Waals surface area contributed by atoms with Crippen LogP contribution in [0.15, 0.2) is 36.8 Å². The zero-order valence-corrected chi connectivity index (χ0v) is 14.5. The van der Waals surface area contributed by atoms with Crippen LogP contribution in [0.5, 0.6) is 5.88 Å². The molecule has 0 bridgehead atoms. The third-order valence-electron chi connectivity index (χ3n) is 3.60. The quantitative estimate of drug-likeness (QED) is 0.708. The van der Waals surface area contributed by atoms with Crippen LogP contribution in [0.25, 0.3) is 0 Å². The minimum absolute atomic E-state index is 0.129. The highest BCUT2D eigenvalue weighted by Gasteiger charge is 2.21. The second kappa shape index (κ2) is 6.67. The van der Waals surface area contributed by atoms with Crippen LogP contribution in [0, 0.1) is 6.92 Å². The van der Waals surface area contributed by atoms with E-state index >= 15 is 0 Å². The van der Waals surface area contributed by atoms with Gasteiger partial charge >= 0.3 is 5.97 Å². The first-order valence-corrected chi connectivity index (χ1v) is 7.93. The Morgan fingerprint density at radius 1 is 1.33 bits per heavy atom. The van der Waals surface area contributed by atoms with Crippen molar-refractivity contribution in [3.63, 3.8) is 0 Å². The molecule has 1 unspecified atom stereocenters. The summed E-state index contributed by atoms with van der Waals surface area (Å²) < 4.78 is 7.09. The van der Waals surface area contributed by atoms with Crippen LogP contribution >= 0.6 is 23.2 Å². The third kappa shape index (κ3) is 3.16. The first-order valence-electron chi connectivity index (χ1n) is 7.18. The number of hydrogen-bond acceptors (Lipinski definition) is 4. The third-order valence-corrected chi connectivity index (χ3v) is 4.33. The second-order valence-corrected chi connectivity index (χ2v) is 6.07. The monoisotopic (exact) mass is 364 g/mol. The second-order valence-electron chi connectivity index (χ2n) is 5.25. The van der Waals surface area contributed by atoms with Gasteiger partial charge in [-0.05, 0) is 31.5 Å². The molecule has 0 amide bonds. The number of H-pyrrole nitrogens is 1. The number of ether oxygens (including phenoxy) is 1. The molecule has 1 atom stereocenters. The molecule has 0 aliphatic heterocycles. The maximum Gasteiger partial charge on any atom is 0.381 e. The summed E-state index contributed by atoms with van der Waals surface area (Å²) in [5, 5.41) is 5.25. The van der Waals surface area contributed by atoms with Crippen LogP contribution in [-0.4, -0.2) is 25.7 Å². The van der Waals surface area contributed by atoms with Crippen molar-refractivity contribution in [3.05, 3.63) is 63.8 Å². The molecule has 1 N–H and O–H groups in total. The number of imidazole rings is 1. The normalized spacial score (nSPS) is 12.2. The summed E-state index contributed by atoms with van der Waals surface area (Å²) in [4.78, 5) is 18.7. The van der Waals surface area contributed by atoms with Gasteiger partial charge in [0.25, 0.3) is 0 Å². The molecule has 0 saturated carbocycles. The lowest BCUT2D eigenvalue weighted by Crippen LogP contribution is -2.17. The van der Waals surface area contributed by atoms with Crippen molar-refractivity contribution in [2.45, 2.75) is 19.9 Å². The standard InChI is InChI=1S/C16H14Cl2N4O2/c1-9-8-21-22(10(2)11-3-4-12(17)13(18)7-11)15(9)24-16(23)14-19-5-6-20-14/h3-8,10H,1-2H3,(H,19,20). The number of aromatic nitrogens is 4. The van der Waals surface area contributed by atoms with E-state index in [-0.39, 0.29) is 11.9 Å². The van der Waals surface area contributed by atoms with Gasteiger partial charge in [-0.3, -0.25) is 0 Å². The maximum absolute atomic E-state index is 12.1. The molecule has 6 nitrogen and oxygen atoms in total. The Labute approximate surface area is 148 Å². The Balaban J connectivity index is 1.91. The number of hydrogen-bond donors (Lipinski definition) is 1. The zero-order valence-electron chi connectivity index (χ0n) is 13.0. The number of nitrogens with zero attached hydrogens (tertiary/aromatic N) is 3. The van der Waals surface area contributed by atoms with Crippen LogP contribution in [-0.2, 0) is 0 Å². The van der Waals surface area contributed by atoms with Gasteiger partial charge in [-0.15, -0.1) is 0 Å². The molecule has 3 rings (SSSR count). The first-order chi connectivity index (χ1) is 11.5. The number of benzene rings is 1. The molecule has 24 heavy (non-hydrogen) atoms. The maximum atomic E-state index is 12.1. The van der Waals surface area contributed by atoms with Gasteiger partial charge in [0, 0.05) is 18.0 Å². The van der Waals surface area contributed by atoms with Crippen molar-refractivity contribution in [1.82, 2.24) is 19.7 Å². The summed E-state index contributed by atoms with van der Waals surface area (Å²) in [6.45, 7) is 3.74. The van der Waals surface area contributed by atoms with E-state index < -0.39 is 5.97 Å². The lowest BCUT2D eigenvalue weighted by atomic mass is 10.1. The topological polar surface area (TPSA) is 72.8 Å². The van der Waals surface area contributed by atoms with Crippen molar-refractivity contribution in [2.24, 2.45) is 0 Å². The SMILES string of the molecule is Cc1cnn(C(C)c2ccc(Cl)c(Cl)c2)c1OC(=O)c1ncc[nH]1. The van der Waals surface area contributed by atoms with Crippen molar-refractivity contribution in [1.29, 1.82) is 0 Å². The molecular formula is C16H14Cl2N4O2. The molecule has 1 aromatic carbocycles. The Hall–Kier alpha value is -2.31. The molecule has 0 fully saturated rings. The Kier molecular flexibility index (Phi) is 4.59. The molecule has 8 heteroatoms. The number of aryl methyl sites for hydroxylation is 1. The van der Waals surface area contributed by atoms with Crippen molar-refractivity contribution in [2.75, 3.05) is 0 Å². The van der Waals surface area contributed by atoms with Gasteiger partial charge in [0.05, 0.1) is 22.3 Å². The van der Waals surface area contributed by atoms with Crippen molar-refractivity contribution >= 4 is 29.2 Å². The number of nitrogens with one attached hydrogen (secondary N) is 1. The van der Waals surface area contributed by atoms with Gasteiger partial charge in [0.1, 0.15) is 0 Å². The smallest absolute Gasteiger partial charge is 0.381 e. The highest BCUT2D eigenvalue weighted by atomic mass is 35.5. The molecule has 124 valence electrons. The van der Waals surface area contributed by atoms with Gasteiger partial charge in [0.15, 0.2) is 0 Å². The summed E-state index contributed by atoms with van der Waals surface area (Å²) in [6.07, 6.45) is 4.68. The van der Waals surface area contributed by atoms with E-state index in [1.54, 1.807) is 29.2 Å². The fourth-order valence-electron chi connectivity index (χ4n) is 2.27. The number of aromatic amines is 1. The molecule has 0 aliphatic carbocycles. The van der Waals surface area contributed by atoms with E-state index in [1.807, 2.05) is 19.9 Å². The molecule has 3 aromatic rings. The summed E-state index contributed by atoms with van der Waals surface area (Å²) in [6, 6.07) is 5.14. The van der Waals surface area contributed by atoms with E-state index in [9.17, 15) is 4.79 Å². The number of rotatable bonds is 4. The minimum Gasteiger partial charge on any atom is -0.402 e. The van der Waals surface area contributed by atoms with Crippen LogP contribution in [0.4, 0.5) is 0 Å². The van der Waals surface area contributed by atoms with Gasteiger partial charge in [0.2, 0.25) is 11.7 Å². The summed E-state index contributed by atoms with van der Waals surface area (Å²) in [5.74, 6) is -0.0921. The highest BCUT2D eigenvalue weighted by Crippen LogP contribution is 2.30. The summed E-state index contributed by atoms with van der Waals surface area (Å²) in [5.41, 5.74) is 1.63. The van der Waals surface area contributed by atoms with Crippen LogP contribution < -0.4 is 4.74 Å². The van der Waals surface area contributed by atoms with Gasteiger partial charge in [-0.2, -0.15) is 5.10 Å². The summed E-state index contributed by atoms with van der Waals surface area (Å²) in [7, 11) is 0. The Morgan fingerprint density at radius 2 is 2.12 bits per heavy atom. The Bertz CT molecular complexity index is 874. The molecule has 2 heterocycles. The van der Waals surface area contributed by atoms with Crippen molar-refractivity contribution in [3.8, 4) is 5.88 Å². The lowest BCUT2D eigenvalue weighted by Gasteiger charge is -2.16. The van der Waals surface area contributed by atoms with Gasteiger partial charge in [-0.1, -0.05) is 29.3 Å². The average molecular weight is 365 g/mol. The van der Waals surface area contributed by atoms with Crippen molar-refractivity contribution < 1.29 is 9.53 Å². The van der Waals surface area contributed by atoms with Crippen LogP contribution in [0.2, 0.25) is 10.0 Å². The van der Waals surface area contributed by atoms with E-state index in [0.29, 0.717) is 15.9 Å². The molecule has 0 radical (unpaired) electrons. The lowest BCUT2D eigenvalue weighted by molar-refractivity contribution is 0.0703. The fraction of sp³-hybridized carbons (Fsp3) is 0.188. The number of carbonyl (C=O) groups is 1. The molecule has 2 aromatic heterocycles. The molecular weight excluding hydrogens is 351 g/mol. The van der Waals surface area contributed by atoms with E-state index in [0.717, 1.165) is 11.1 Å². The Morgan fingerprint density at radius 3 is 2.79 bits per heavy atom. The van der Waals surface area contributed by atoms with E-state index in [2.05, 4.69) is 15.1 Å². The minimum atomic E-state index is -0.578. The first kappa shape index (κ1) is 16.5. The number of esters is 1. The predicted octanol–water partition coefficient (Wildman–Crippen LogP) is 4.05. The number of halogens is 2. The largest absolute Gasteiger partial charge is 0.402 e. The van der Waals surface area contributed by atoms with Crippen LogP contribution in [0.1, 0.15) is 34.7 Å². The molecule has 0 aliphatic rings. The molecule has 0 saturated heterocycles. The molecule has 0 spiro atoms. The zero-order chi connectivity index (χ0) is 17.3. The fourth-order valence-corrected chi connectivity index (χ4v) is 2.57. The van der Waals surface area contributed by atoms with E-state index in [1.165, 1.54) is 6.20 Å². The predicted molar refractivity (Wildman–Crippen MR) is 90.8 cm³/mol. The van der Waals surface area contributed by atoms with Gasteiger partial charge in [-0.25, -0.2) is 14.5 Å². The average Bonchev–Trinajstić information content (AvgIpc) is 3.20.